The summed E-state index contributed by atoms with van der Waals surface area (Å²) in [6, 6.07) is 19.3. The zero-order valence-electron chi connectivity index (χ0n) is 19.2. The van der Waals surface area contributed by atoms with Gasteiger partial charge in [0.1, 0.15) is 12.6 Å². The van der Waals surface area contributed by atoms with Crippen LogP contribution in [-0.2, 0) is 9.53 Å². The third-order valence-electron chi connectivity index (χ3n) is 6.03. The highest BCUT2D eigenvalue weighted by atomic mass is 35.5. The van der Waals surface area contributed by atoms with E-state index < -0.39 is 24.0 Å². The molecule has 0 aromatic heterocycles. The van der Waals surface area contributed by atoms with Crippen LogP contribution in [0.25, 0.3) is 11.1 Å². The monoisotopic (exact) mass is 492 g/mol. The third-order valence-corrected chi connectivity index (χ3v) is 6.36. The number of carboxylic acids is 1. The lowest BCUT2D eigenvalue weighted by atomic mass is 9.98. The Balaban J connectivity index is 1.45. The highest BCUT2D eigenvalue weighted by molar-refractivity contribution is 6.33. The summed E-state index contributed by atoms with van der Waals surface area (Å²) in [5.74, 6) is -2.11. The average molecular weight is 493 g/mol. The Labute approximate surface area is 208 Å². The molecule has 3 aromatic rings. The highest BCUT2D eigenvalue weighted by Crippen LogP contribution is 2.44. The lowest BCUT2D eigenvalue weighted by molar-refractivity contribution is -0.140. The van der Waals surface area contributed by atoms with Gasteiger partial charge in [0.2, 0.25) is 0 Å². The Bertz CT molecular complexity index is 1240. The van der Waals surface area contributed by atoms with Crippen molar-refractivity contribution < 1.29 is 24.2 Å². The lowest BCUT2D eigenvalue weighted by Gasteiger charge is -2.18. The summed E-state index contributed by atoms with van der Waals surface area (Å²) in [5.41, 5.74) is 4.79. The zero-order chi connectivity index (χ0) is 25.1. The van der Waals surface area contributed by atoms with Gasteiger partial charge in [0.25, 0.3) is 5.91 Å². The first-order valence-corrected chi connectivity index (χ1v) is 11.6. The molecule has 0 saturated heterocycles. The van der Waals surface area contributed by atoms with Crippen molar-refractivity contribution in [2.24, 2.45) is 5.92 Å². The number of anilines is 1. The number of benzene rings is 3. The first-order valence-electron chi connectivity index (χ1n) is 11.2. The van der Waals surface area contributed by atoms with E-state index in [1.165, 1.54) is 18.2 Å². The van der Waals surface area contributed by atoms with Crippen LogP contribution in [0.5, 0.6) is 0 Å². The first kappa shape index (κ1) is 24.3. The van der Waals surface area contributed by atoms with Gasteiger partial charge in [-0.25, -0.2) is 9.59 Å². The van der Waals surface area contributed by atoms with E-state index in [0.29, 0.717) is 0 Å². The summed E-state index contributed by atoms with van der Waals surface area (Å²) in [5, 5.41) is 14.6. The Kier molecular flexibility index (Phi) is 7.07. The van der Waals surface area contributed by atoms with E-state index in [0.717, 1.165) is 22.3 Å². The van der Waals surface area contributed by atoms with Crippen molar-refractivity contribution in [2.45, 2.75) is 25.8 Å². The topological polar surface area (TPSA) is 105 Å². The standard InChI is InChI=1S/C27H25ClN2O5/c1-15(2)24(26(32)33)30-25(31)16-11-12-22(28)23(13-16)29-27(34)35-14-21-19-9-5-3-7-17(19)18-8-4-6-10-20(18)21/h3-13,15,21,24H,14H2,1-2H3,(H,29,34)(H,30,31)(H,32,33). The van der Waals surface area contributed by atoms with Crippen molar-refractivity contribution in [3.05, 3.63) is 88.4 Å². The molecule has 8 heteroatoms. The summed E-state index contributed by atoms with van der Waals surface area (Å²) in [4.78, 5) is 36.6. The van der Waals surface area contributed by atoms with Gasteiger partial charge in [-0.05, 0) is 46.4 Å². The number of nitrogens with one attached hydrogen (secondary N) is 2. The second kappa shape index (κ2) is 10.2. The average Bonchev–Trinajstić information content (AvgIpc) is 3.15. The van der Waals surface area contributed by atoms with E-state index in [-0.39, 0.29) is 34.7 Å². The van der Waals surface area contributed by atoms with Crippen LogP contribution < -0.4 is 10.6 Å². The maximum Gasteiger partial charge on any atom is 0.411 e. The predicted molar refractivity (Wildman–Crippen MR) is 134 cm³/mol. The van der Waals surface area contributed by atoms with Crippen LogP contribution in [0, 0.1) is 5.92 Å². The van der Waals surface area contributed by atoms with Crippen LogP contribution in [-0.4, -0.2) is 35.7 Å². The number of carbonyl (C=O) groups excluding carboxylic acids is 2. The smallest absolute Gasteiger partial charge is 0.411 e. The normalized spacial score (nSPS) is 13.0. The molecule has 1 atom stereocenters. The number of aliphatic carboxylic acids is 1. The molecule has 4 rings (SSSR count). The summed E-state index contributed by atoms with van der Waals surface area (Å²) in [7, 11) is 0. The van der Waals surface area contributed by atoms with Gasteiger partial charge in [-0.15, -0.1) is 0 Å². The molecule has 0 saturated carbocycles. The van der Waals surface area contributed by atoms with E-state index in [1.54, 1.807) is 13.8 Å². The number of hydrogen-bond donors (Lipinski definition) is 3. The summed E-state index contributed by atoms with van der Waals surface area (Å²) in [6.45, 7) is 3.53. The minimum atomic E-state index is -1.13. The molecule has 180 valence electrons. The molecular weight excluding hydrogens is 468 g/mol. The van der Waals surface area contributed by atoms with Crippen molar-refractivity contribution in [2.75, 3.05) is 11.9 Å². The van der Waals surface area contributed by atoms with Gasteiger partial charge in [-0.2, -0.15) is 0 Å². The fourth-order valence-corrected chi connectivity index (χ4v) is 4.41. The van der Waals surface area contributed by atoms with Gasteiger partial charge in [-0.1, -0.05) is 74.0 Å². The fourth-order valence-electron chi connectivity index (χ4n) is 4.24. The SMILES string of the molecule is CC(C)C(NC(=O)c1ccc(Cl)c(NC(=O)OCC2c3ccccc3-c3ccccc32)c1)C(=O)O. The molecule has 1 unspecified atom stereocenters. The molecule has 7 nitrogen and oxygen atoms in total. The molecule has 3 N–H and O–H groups in total. The van der Waals surface area contributed by atoms with E-state index in [9.17, 15) is 19.5 Å². The van der Waals surface area contributed by atoms with Crippen LogP contribution in [0.3, 0.4) is 0 Å². The molecule has 0 bridgehead atoms. The van der Waals surface area contributed by atoms with Crippen LogP contribution in [0.2, 0.25) is 5.02 Å². The molecule has 0 radical (unpaired) electrons. The molecule has 35 heavy (non-hydrogen) atoms. The molecule has 0 spiro atoms. The molecule has 2 amide bonds. The Morgan fingerprint density at radius 1 is 0.971 bits per heavy atom. The Morgan fingerprint density at radius 3 is 2.14 bits per heavy atom. The second-order valence-corrected chi connectivity index (χ2v) is 9.09. The number of fused-ring (bicyclic) bond motifs is 3. The number of carboxylic acid groups (broad SMARTS) is 1. The number of carbonyl (C=O) groups is 3. The van der Waals surface area contributed by atoms with Gasteiger partial charge in [0.15, 0.2) is 0 Å². The van der Waals surface area contributed by atoms with Crippen molar-refractivity contribution in [1.29, 1.82) is 0 Å². The number of hydrogen-bond acceptors (Lipinski definition) is 4. The van der Waals surface area contributed by atoms with Crippen molar-refractivity contribution in [3.8, 4) is 11.1 Å². The quantitative estimate of drug-likeness (QED) is 0.401. The Morgan fingerprint density at radius 2 is 1.57 bits per heavy atom. The van der Waals surface area contributed by atoms with Crippen LogP contribution in [0.4, 0.5) is 10.5 Å². The highest BCUT2D eigenvalue weighted by Gasteiger charge is 2.29. The van der Waals surface area contributed by atoms with Gasteiger partial charge >= 0.3 is 12.1 Å². The summed E-state index contributed by atoms with van der Waals surface area (Å²) >= 11 is 6.22. The Hall–Kier alpha value is -3.84. The van der Waals surface area contributed by atoms with Gasteiger partial charge in [0.05, 0.1) is 10.7 Å². The largest absolute Gasteiger partial charge is 0.480 e. The molecule has 3 aromatic carbocycles. The summed E-state index contributed by atoms with van der Waals surface area (Å²) < 4.78 is 5.54. The first-order chi connectivity index (χ1) is 16.8. The number of halogens is 1. The molecule has 1 aliphatic rings. The molecular formula is C27H25ClN2O5. The van der Waals surface area contributed by atoms with Crippen molar-refractivity contribution in [1.82, 2.24) is 5.32 Å². The number of ether oxygens (including phenoxy) is 1. The van der Waals surface area contributed by atoms with Gasteiger partial charge in [0, 0.05) is 11.5 Å². The van der Waals surface area contributed by atoms with E-state index in [4.69, 9.17) is 16.3 Å². The minimum Gasteiger partial charge on any atom is -0.480 e. The van der Waals surface area contributed by atoms with Crippen LogP contribution in [0.15, 0.2) is 66.7 Å². The number of amides is 2. The van der Waals surface area contributed by atoms with Crippen molar-refractivity contribution in [3.63, 3.8) is 0 Å². The maximum atomic E-state index is 12.6. The predicted octanol–water partition coefficient (Wildman–Crippen LogP) is 5.54. The molecule has 0 heterocycles. The lowest BCUT2D eigenvalue weighted by Crippen LogP contribution is -2.44. The minimum absolute atomic E-state index is 0.0929. The summed E-state index contributed by atoms with van der Waals surface area (Å²) in [6.07, 6.45) is -0.711. The molecule has 0 aliphatic heterocycles. The van der Waals surface area contributed by atoms with Crippen LogP contribution in [0.1, 0.15) is 41.3 Å². The molecule has 0 fully saturated rings. The second-order valence-electron chi connectivity index (χ2n) is 8.68. The maximum absolute atomic E-state index is 12.6. The van der Waals surface area contributed by atoms with E-state index in [1.807, 2.05) is 36.4 Å². The van der Waals surface area contributed by atoms with Gasteiger partial charge < -0.3 is 15.2 Å². The van der Waals surface area contributed by atoms with E-state index >= 15 is 0 Å². The van der Waals surface area contributed by atoms with Crippen LogP contribution >= 0.6 is 11.6 Å². The number of rotatable bonds is 7. The van der Waals surface area contributed by atoms with Crippen molar-refractivity contribution >= 4 is 35.3 Å². The zero-order valence-corrected chi connectivity index (χ0v) is 20.0. The third kappa shape index (κ3) is 5.15. The fraction of sp³-hybridized carbons (Fsp3) is 0.222. The molecule has 1 aliphatic carbocycles. The van der Waals surface area contributed by atoms with E-state index in [2.05, 4.69) is 22.8 Å². The van der Waals surface area contributed by atoms with Gasteiger partial charge in [-0.3, -0.25) is 10.1 Å².